The molecular weight excluding hydrogens is 465 g/mol. The van der Waals surface area contributed by atoms with E-state index in [1.807, 2.05) is 13.0 Å². The molecule has 2 aromatic rings. The van der Waals surface area contributed by atoms with Gasteiger partial charge in [0.1, 0.15) is 0 Å². The largest absolute Gasteiger partial charge is 0.326 e. The summed E-state index contributed by atoms with van der Waals surface area (Å²) in [5.41, 5.74) is 1.70. The van der Waals surface area contributed by atoms with E-state index in [1.54, 1.807) is 12.1 Å². The van der Waals surface area contributed by atoms with Gasteiger partial charge in [-0.2, -0.15) is 0 Å². The number of amides is 1. The Labute approximate surface area is 158 Å². The van der Waals surface area contributed by atoms with Crippen LogP contribution in [0.25, 0.3) is 0 Å². The van der Waals surface area contributed by atoms with Crippen molar-refractivity contribution in [3.63, 3.8) is 0 Å². The van der Waals surface area contributed by atoms with E-state index in [2.05, 4.69) is 32.6 Å². The van der Waals surface area contributed by atoms with Gasteiger partial charge in [-0.05, 0) is 65.4 Å². The molecule has 0 aliphatic heterocycles. The van der Waals surface area contributed by atoms with Crippen molar-refractivity contribution in [1.29, 1.82) is 0 Å². The third kappa shape index (κ3) is 5.44. The monoisotopic (exact) mass is 480 g/mol. The van der Waals surface area contributed by atoms with Gasteiger partial charge in [0.05, 0.1) is 4.90 Å². The molecule has 134 valence electrons. The van der Waals surface area contributed by atoms with Gasteiger partial charge in [-0.15, -0.1) is 0 Å². The van der Waals surface area contributed by atoms with E-state index in [0.29, 0.717) is 11.8 Å². The average Bonchev–Trinajstić information content (AvgIpc) is 2.53. The zero-order valence-electron chi connectivity index (χ0n) is 13.1. The number of anilines is 1. The molecule has 2 N–H and O–H groups in total. The number of sulfonamides is 1. The molecular formula is C16H15F2IN2O3S. The Hall–Kier alpha value is -1.59. The van der Waals surface area contributed by atoms with Crippen molar-refractivity contribution in [3.05, 3.63) is 57.2 Å². The summed E-state index contributed by atoms with van der Waals surface area (Å²) in [4.78, 5) is 11.5. The van der Waals surface area contributed by atoms with Gasteiger partial charge in [-0.3, -0.25) is 4.79 Å². The topological polar surface area (TPSA) is 75.3 Å². The molecule has 0 aliphatic rings. The van der Waals surface area contributed by atoms with Gasteiger partial charge in [0.25, 0.3) is 0 Å². The van der Waals surface area contributed by atoms with Gasteiger partial charge in [0.15, 0.2) is 11.6 Å². The minimum atomic E-state index is -4.02. The summed E-state index contributed by atoms with van der Waals surface area (Å²) in [5, 5.41) is 2.66. The highest BCUT2D eigenvalue weighted by Crippen LogP contribution is 2.17. The van der Waals surface area contributed by atoms with Crippen LogP contribution in [0, 0.1) is 22.1 Å². The lowest BCUT2D eigenvalue weighted by Gasteiger charge is -2.09. The van der Waals surface area contributed by atoms with Crippen LogP contribution in [0.2, 0.25) is 0 Å². The standard InChI is InChI=1S/C16H15F2IN2O3S/c1-10-2-3-11(8-15(10)19)21-16(22)6-7-20-25(23,24)12-4-5-13(17)14(18)9-12/h2-5,8-9,20H,6-7H2,1H3,(H,21,22). The third-order valence-electron chi connectivity index (χ3n) is 3.30. The van der Waals surface area contributed by atoms with Crippen molar-refractivity contribution in [2.75, 3.05) is 11.9 Å². The van der Waals surface area contributed by atoms with Crippen LogP contribution >= 0.6 is 22.6 Å². The summed E-state index contributed by atoms with van der Waals surface area (Å²) in [5.74, 6) is -2.76. The van der Waals surface area contributed by atoms with Crippen LogP contribution in [0.4, 0.5) is 14.5 Å². The lowest BCUT2D eigenvalue weighted by atomic mass is 10.2. The summed E-state index contributed by atoms with van der Waals surface area (Å²) in [6.45, 7) is 1.77. The molecule has 2 aromatic carbocycles. The number of aryl methyl sites for hydroxylation is 1. The van der Waals surface area contributed by atoms with Crippen molar-refractivity contribution in [1.82, 2.24) is 4.72 Å². The SMILES string of the molecule is Cc1ccc(NC(=O)CCNS(=O)(=O)c2ccc(F)c(F)c2)cc1I. The van der Waals surface area contributed by atoms with Crippen LogP contribution in [-0.2, 0) is 14.8 Å². The Morgan fingerprint density at radius 3 is 2.48 bits per heavy atom. The average molecular weight is 480 g/mol. The zero-order chi connectivity index (χ0) is 18.6. The maximum absolute atomic E-state index is 13.1. The number of nitrogens with one attached hydrogen (secondary N) is 2. The van der Waals surface area contributed by atoms with Gasteiger partial charge in [-0.1, -0.05) is 6.07 Å². The normalized spacial score (nSPS) is 11.4. The Morgan fingerprint density at radius 2 is 1.84 bits per heavy atom. The number of benzene rings is 2. The van der Waals surface area contributed by atoms with Crippen LogP contribution in [0.1, 0.15) is 12.0 Å². The highest BCUT2D eigenvalue weighted by molar-refractivity contribution is 14.1. The van der Waals surface area contributed by atoms with Crippen molar-refractivity contribution in [2.24, 2.45) is 0 Å². The smallest absolute Gasteiger partial charge is 0.240 e. The van der Waals surface area contributed by atoms with E-state index in [4.69, 9.17) is 0 Å². The van der Waals surface area contributed by atoms with E-state index < -0.39 is 26.6 Å². The molecule has 2 rings (SSSR count). The minimum absolute atomic E-state index is 0.104. The molecule has 1 amide bonds. The maximum atomic E-state index is 13.1. The fraction of sp³-hybridized carbons (Fsp3) is 0.188. The number of carbonyl (C=O) groups is 1. The first kappa shape index (κ1) is 19.7. The van der Waals surface area contributed by atoms with Gasteiger partial charge < -0.3 is 5.32 Å². The molecule has 0 spiro atoms. The first-order valence-corrected chi connectivity index (χ1v) is 9.76. The van der Waals surface area contributed by atoms with Crippen molar-refractivity contribution in [3.8, 4) is 0 Å². The van der Waals surface area contributed by atoms with Crippen molar-refractivity contribution in [2.45, 2.75) is 18.2 Å². The molecule has 9 heteroatoms. The fourth-order valence-electron chi connectivity index (χ4n) is 1.92. The summed E-state index contributed by atoms with van der Waals surface area (Å²) in [6.07, 6.45) is -0.104. The molecule has 0 unspecified atom stereocenters. The van der Waals surface area contributed by atoms with Gasteiger partial charge in [0, 0.05) is 22.2 Å². The van der Waals surface area contributed by atoms with Crippen LogP contribution in [0.3, 0.4) is 0 Å². The predicted octanol–water partition coefficient (Wildman–Crippen LogP) is 3.18. The molecule has 0 saturated heterocycles. The molecule has 5 nitrogen and oxygen atoms in total. The molecule has 0 bridgehead atoms. The molecule has 0 fully saturated rings. The Balaban J connectivity index is 1.91. The highest BCUT2D eigenvalue weighted by Gasteiger charge is 2.16. The number of rotatable bonds is 6. The van der Waals surface area contributed by atoms with Gasteiger partial charge in [-0.25, -0.2) is 21.9 Å². The Morgan fingerprint density at radius 1 is 1.12 bits per heavy atom. The Bertz CT molecular complexity index is 904. The molecule has 0 aliphatic carbocycles. The van der Waals surface area contributed by atoms with Gasteiger partial charge >= 0.3 is 0 Å². The summed E-state index contributed by atoms with van der Waals surface area (Å²) >= 11 is 2.15. The quantitative estimate of drug-likeness (QED) is 0.624. The second kappa shape index (κ2) is 8.19. The van der Waals surface area contributed by atoms with E-state index in [1.165, 1.54) is 0 Å². The van der Waals surface area contributed by atoms with Crippen LogP contribution in [-0.4, -0.2) is 20.9 Å². The van der Waals surface area contributed by atoms with Crippen LogP contribution in [0.5, 0.6) is 0 Å². The molecule has 0 radical (unpaired) electrons. The first-order valence-electron chi connectivity index (χ1n) is 7.20. The second-order valence-electron chi connectivity index (χ2n) is 5.24. The fourth-order valence-corrected chi connectivity index (χ4v) is 3.48. The zero-order valence-corrected chi connectivity index (χ0v) is 16.1. The summed E-state index contributed by atoms with van der Waals surface area (Å²) in [6, 6.07) is 7.69. The number of halogens is 3. The molecule has 0 aromatic heterocycles. The van der Waals surface area contributed by atoms with Gasteiger partial charge in [0.2, 0.25) is 15.9 Å². The number of hydrogen-bond donors (Lipinski definition) is 2. The predicted molar refractivity (Wildman–Crippen MR) is 98.7 cm³/mol. The first-order chi connectivity index (χ1) is 11.7. The summed E-state index contributed by atoms with van der Waals surface area (Å²) < 4.78 is 53.1. The van der Waals surface area contributed by atoms with Crippen LogP contribution < -0.4 is 10.0 Å². The summed E-state index contributed by atoms with van der Waals surface area (Å²) in [7, 11) is -4.02. The lowest BCUT2D eigenvalue weighted by molar-refractivity contribution is -0.116. The highest BCUT2D eigenvalue weighted by atomic mass is 127. The number of hydrogen-bond acceptors (Lipinski definition) is 3. The minimum Gasteiger partial charge on any atom is -0.326 e. The van der Waals surface area contributed by atoms with Crippen molar-refractivity contribution < 1.29 is 22.0 Å². The van der Waals surface area contributed by atoms with E-state index in [-0.39, 0.29) is 18.9 Å². The maximum Gasteiger partial charge on any atom is 0.240 e. The van der Waals surface area contributed by atoms with E-state index in [0.717, 1.165) is 21.3 Å². The van der Waals surface area contributed by atoms with Crippen LogP contribution in [0.15, 0.2) is 41.3 Å². The second-order valence-corrected chi connectivity index (χ2v) is 8.16. The molecule has 0 atom stereocenters. The number of carbonyl (C=O) groups excluding carboxylic acids is 1. The molecule has 0 heterocycles. The van der Waals surface area contributed by atoms with Crippen molar-refractivity contribution >= 4 is 44.2 Å². The molecule has 25 heavy (non-hydrogen) atoms. The lowest BCUT2D eigenvalue weighted by Crippen LogP contribution is -2.28. The molecule has 0 saturated carbocycles. The van der Waals surface area contributed by atoms with E-state index >= 15 is 0 Å². The van der Waals surface area contributed by atoms with E-state index in [9.17, 15) is 22.0 Å². The Kier molecular flexibility index (Phi) is 6.47. The third-order valence-corrected chi connectivity index (χ3v) is 5.92.